The van der Waals surface area contributed by atoms with E-state index in [1.165, 1.54) is 4.70 Å². The van der Waals surface area contributed by atoms with Gasteiger partial charge in [0.1, 0.15) is 0 Å². The smallest absolute Gasteiger partial charge is 0.318 e. The summed E-state index contributed by atoms with van der Waals surface area (Å²) in [6.07, 6.45) is 2.08. The third-order valence-corrected chi connectivity index (χ3v) is 5.48. The van der Waals surface area contributed by atoms with Crippen LogP contribution in [0.15, 0.2) is 24.3 Å². The van der Waals surface area contributed by atoms with Crippen LogP contribution in [-0.4, -0.2) is 41.0 Å². The number of nitrogens with zero attached hydrogens (tertiary/aromatic N) is 2. The third kappa shape index (κ3) is 3.51. The van der Waals surface area contributed by atoms with Crippen molar-refractivity contribution in [1.29, 1.82) is 0 Å². The first-order valence-corrected chi connectivity index (χ1v) is 8.56. The molecule has 2 atom stereocenters. The Labute approximate surface area is 138 Å². The van der Waals surface area contributed by atoms with Crippen LogP contribution in [0.4, 0.5) is 4.79 Å². The highest BCUT2D eigenvalue weighted by molar-refractivity contribution is 7.18. The van der Waals surface area contributed by atoms with Gasteiger partial charge in [-0.3, -0.25) is 15.0 Å². The molecule has 1 aliphatic heterocycles. The van der Waals surface area contributed by atoms with E-state index in [9.17, 15) is 9.59 Å². The number of amides is 3. The van der Waals surface area contributed by atoms with Gasteiger partial charge in [-0.25, -0.2) is 9.78 Å². The number of imide groups is 1. The van der Waals surface area contributed by atoms with Gasteiger partial charge in [0, 0.05) is 12.5 Å². The molecule has 3 amide bonds. The van der Waals surface area contributed by atoms with Crippen molar-refractivity contribution in [2.75, 3.05) is 13.1 Å². The number of hydrogen-bond acceptors (Lipinski definition) is 5. The number of nitrogens with two attached hydrogens (primary N) is 1. The van der Waals surface area contributed by atoms with Gasteiger partial charge in [0.05, 0.1) is 21.3 Å². The SMILES string of the molecule is C[C@@H](C(=O)NC(N)=O)N1CCC[C@H](c2nc3ccccc3s2)C1. The fraction of sp³-hybridized carbons (Fsp3) is 0.438. The standard InChI is InChI=1S/C16H20N4O2S/c1-10(14(21)19-16(17)22)20-8-4-5-11(9-20)15-18-12-6-2-3-7-13(12)23-15/h2-3,6-7,10-11H,4-5,8-9H2,1H3,(H3,17,19,21,22)/t10-,11-/m0/s1. The third-order valence-electron chi connectivity index (χ3n) is 4.29. The van der Waals surface area contributed by atoms with E-state index >= 15 is 0 Å². The number of nitrogens with one attached hydrogen (secondary N) is 1. The minimum atomic E-state index is -0.804. The number of piperidine rings is 1. The summed E-state index contributed by atoms with van der Waals surface area (Å²) in [5, 5.41) is 3.28. The van der Waals surface area contributed by atoms with E-state index in [1.54, 1.807) is 18.3 Å². The molecule has 2 heterocycles. The summed E-state index contributed by atoms with van der Waals surface area (Å²) in [5.74, 6) is -0.0209. The zero-order valence-corrected chi connectivity index (χ0v) is 13.8. The summed E-state index contributed by atoms with van der Waals surface area (Å²) in [7, 11) is 0. The predicted molar refractivity (Wildman–Crippen MR) is 90.4 cm³/mol. The molecule has 1 aromatic carbocycles. The van der Waals surface area contributed by atoms with E-state index in [0.717, 1.165) is 36.5 Å². The van der Waals surface area contributed by atoms with Gasteiger partial charge in [-0.1, -0.05) is 12.1 Å². The van der Waals surface area contributed by atoms with Crippen molar-refractivity contribution in [3.05, 3.63) is 29.3 Å². The van der Waals surface area contributed by atoms with Gasteiger partial charge >= 0.3 is 6.03 Å². The molecule has 1 aliphatic rings. The van der Waals surface area contributed by atoms with Crippen LogP contribution in [-0.2, 0) is 4.79 Å². The minimum absolute atomic E-state index is 0.324. The molecule has 6 nitrogen and oxygen atoms in total. The Morgan fingerprint density at radius 1 is 1.43 bits per heavy atom. The number of primary amides is 1. The highest BCUT2D eigenvalue weighted by atomic mass is 32.1. The van der Waals surface area contributed by atoms with Gasteiger partial charge in [0.2, 0.25) is 5.91 Å². The number of carbonyl (C=O) groups excluding carboxylic acids is 2. The molecule has 3 N–H and O–H groups in total. The van der Waals surface area contributed by atoms with Gasteiger partial charge < -0.3 is 5.73 Å². The molecule has 0 aliphatic carbocycles. The van der Waals surface area contributed by atoms with Crippen LogP contribution in [0.2, 0.25) is 0 Å². The lowest BCUT2D eigenvalue weighted by molar-refractivity contribution is -0.125. The van der Waals surface area contributed by atoms with Crippen LogP contribution in [0, 0.1) is 0 Å². The molecule has 3 rings (SSSR count). The van der Waals surface area contributed by atoms with Crippen LogP contribution in [0.25, 0.3) is 10.2 Å². The highest BCUT2D eigenvalue weighted by Gasteiger charge is 2.30. The lowest BCUT2D eigenvalue weighted by atomic mass is 9.97. The Morgan fingerprint density at radius 3 is 2.96 bits per heavy atom. The normalized spacial score (nSPS) is 20.3. The number of fused-ring (bicyclic) bond motifs is 1. The number of rotatable bonds is 3. The largest absolute Gasteiger partial charge is 0.351 e. The summed E-state index contributed by atoms with van der Waals surface area (Å²) in [5.41, 5.74) is 6.06. The van der Waals surface area contributed by atoms with E-state index in [1.807, 2.05) is 18.2 Å². The first kappa shape index (κ1) is 15.9. The Hall–Kier alpha value is -1.99. The average Bonchev–Trinajstić information content (AvgIpc) is 2.97. The maximum absolute atomic E-state index is 12.0. The predicted octanol–water partition coefficient (Wildman–Crippen LogP) is 2.06. The molecule has 23 heavy (non-hydrogen) atoms. The number of urea groups is 1. The van der Waals surface area contributed by atoms with E-state index < -0.39 is 6.03 Å². The number of thiazole rings is 1. The van der Waals surface area contributed by atoms with Gasteiger partial charge in [0.25, 0.3) is 0 Å². The maximum Gasteiger partial charge on any atom is 0.318 e. The molecule has 0 saturated carbocycles. The molecule has 1 fully saturated rings. The van der Waals surface area contributed by atoms with Crippen molar-refractivity contribution in [1.82, 2.24) is 15.2 Å². The molecule has 0 bridgehead atoms. The zero-order chi connectivity index (χ0) is 16.4. The van der Waals surface area contributed by atoms with E-state index in [0.29, 0.717) is 5.92 Å². The molecule has 1 saturated heterocycles. The van der Waals surface area contributed by atoms with Crippen molar-refractivity contribution in [3.8, 4) is 0 Å². The summed E-state index contributed by atoms with van der Waals surface area (Å²) in [6.45, 7) is 3.42. The van der Waals surface area contributed by atoms with Gasteiger partial charge in [-0.05, 0) is 38.4 Å². The number of para-hydroxylation sites is 1. The molecule has 0 spiro atoms. The summed E-state index contributed by atoms with van der Waals surface area (Å²) in [6, 6.07) is 6.95. The van der Waals surface area contributed by atoms with Crippen LogP contribution in [0.5, 0.6) is 0 Å². The number of hydrogen-bond donors (Lipinski definition) is 2. The summed E-state index contributed by atoms with van der Waals surface area (Å²) < 4.78 is 1.19. The second kappa shape index (κ2) is 6.64. The lowest BCUT2D eigenvalue weighted by Gasteiger charge is -2.35. The van der Waals surface area contributed by atoms with Gasteiger partial charge in [-0.2, -0.15) is 0 Å². The molecule has 1 aromatic heterocycles. The van der Waals surface area contributed by atoms with Crippen molar-refractivity contribution < 1.29 is 9.59 Å². The number of likely N-dealkylation sites (tertiary alicyclic amines) is 1. The zero-order valence-electron chi connectivity index (χ0n) is 13.0. The topological polar surface area (TPSA) is 88.3 Å². The molecule has 2 aromatic rings. The van der Waals surface area contributed by atoms with Crippen molar-refractivity contribution in [2.45, 2.75) is 31.7 Å². The Morgan fingerprint density at radius 2 is 2.22 bits per heavy atom. The average molecular weight is 332 g/mol. The molecular formula is C16H20N4O2S. The fourth-order valence-electron chi connectivity index (χ4n) is 3.02. The number of aromatic nitrogens is 1. The van der Waals surface area contributed by atoms with E-state index in [2.05, 4.69) is 16.3 Å². The molecular weight excluding hydrogens is 312 g/mol. The molecule has 122 valence electrons. The molecule has 0 unspecified atom stereocenters. The lowest BCUT2D eigenvalue weighted by Crippen LogP contribution is -2.50. The minimum Gasteiger partial charge on any atom is -0.351 e. The fourth-order valence-corrected chi connectivity index (χ4v) is 4.11. The van der Waals surface area contributed by atoms with Crippen molar-refractivity contribution in [2.24, 2.45) is 5.73 Å². The Bertz CT molecular complexity index is 697. The first-order chi connectivity index (χ1) is 11.0. The highest BCUT2D eigenvalue weighted by Crippen LogP contribution is 2.33. The van der Waals surface area contributed by atoms with E-state index in [4.69, 9.17) is 10.7 Å². The maximum atomic E-state index is 12.0. The monoisotopic (exact) mass is 332 g/mol. The van der Waals surface area contributed by atoms with Crippen LogP contribution in [0.1, 0.15) is 30.7 Å². The summed E-state index contributed by atoms with van der Waals surface area (Å²) in [4.78, 5) is 29.7. The van der Waals surface area contributed by atoms with E-state index in [-0.39, 0.29) is 11.9 Å². The molecule has 7 heteroatoms. The van der Waals surface area contributed by atoms with Crippen molar-refractivity contribution >= 4 is 33.5 Å². The summed E-state index contributed by atoms with van der Waals surface area (Å²) >= 11 is 1.72. The first-order valence-electron chi connectivity index (χ1n) is 7.74. The van der Waals surface area contributed by atoms with Crippen LogP contribution >= 0.6 is 11.3 Å². The molecule has 0 radical (unpaired) electrons. The number of benzene rings is 1. The van der Waals surface area contributed by atoms with Crippen LogP contribution in [0.3, 0.4) is 0 Å². The van der Waals surface area contributed by atoms with Crippen LogP contribution < -0.4 is 11.1 Å². The van der Waals surface area contributed by atoms with Gasteiger partial charge in [-0.15, -0.1) is 11.3 Å². The second-order valence-electron chi connectivity index (χ2n) is 5.88. The second-order valence-corrected chi connectivity index (χ2v) is 6.95. The number of carbonyl (C=O) groups is 2. The van der Waals surface area contributed by atoms with Gasteiger partial charge in [0.15, 0.2) is 0 Å². The Balaban J connectivity index is 1.72. The van der Waals surface area contributed by atoms with Crippen molar-refractivity contribution in [3.63, 3.8) is 0 Å². The Kier molecular flexibility index (Phi) is 4.58. The quantitative estimate of drug-likeness (QED) is 0.900.